The molecule has 0 aromatic heterocycles. The van der Waals surface area contributed by atoms with Crippen LogP contribution in [0.4, 0.5) is 4.39 Å². The van der Waals surface area contributed by atoms with Gasteiger partial charge in [0, 0.05) is 5.54 Å². The lowest BCUT2D eigenvalue weighted by Crippen LogP contribution is -2.42. The monoisotopic (exact) mass is 269 g/mol. The fraction of sp³-hybridized carbons (Fsp3) is 0.600. The number of benzene rings is 1. The lowest BCUT2D eigenvalue weighted by atomic mass is 9.80. The first-order valence-corrected chi connectivity index (χ1v) is 7.20. The molecule has 3 heteroatoms. The van der Waals surface area contributed by atoms with Gasteiger partial charge in [0.15, 0.2) is 0 Å². The van der Waals surface area contributed by atoms with E-state index < -0.39 is 0 Å². The molecule has 0 aliphatic heterocycles. The van der Waals surface area contributed by atoms with E-state index in [0.29, 0.717) is 6.42 Å². The van der Waals surface area contributed by atoms with Crippen molar-refractivity contribution in [1.29, 1.82) is 0 Å². The van der Waals surface area contributed by atoms with Crippen LogP contribution >= 0.6 is 11.6 Å². The second-order valence-corrected chi connectivity index (χ2v) is 5.90. The number of hydrogen-bond acceptors (Lipinski definition) is 1. The molecule has 0 bridgehead atoms. The Bertz CT molecular complexity index is 397. The largest absolute Gasteiger partial charge is 0.325 e. The molecule has 2 N–H and O–H groups in total. The van der Waals surface area contributed by atoms with E-state index in [2.05, 4.69) is 0 Å². The van der Waals surface area contributed by atoms with Gasteiger partial charge in [-0.25, -0.2) is 4.39 Å². The highest BCUT2D eigenvalue weighted by Gasteiger charge is 2.26. The van der Waals surface area contributed by atoms with Gasteiger partial charge in [-0.15, -0.1) is 0 Å². The van der Waals surface area contributed by atoms with Crippen molar-refractivity contribution in [3.05, 3.63) is 34.6 Å². The average molecular weight is 270 g/mol. The smallest absolute Gasteiger partial charge is 0.142 e. The van der Waals surface area contributed by atoms with Crippen LogP contribution in [0.25, 0.3) is 0 Å². The van der Waals surface area contributed by atoms with Crippen molar-refractivity contribution < 1.29 is 4.39 Å². The first-order valence-electron chi connectivity index (χ1n) is 6.82. The first kappa shape index (κ1) is 13.8. The Morgan fingerprint density at radius 1 is 1.11 bits per heavy atom. The van der Waals surface area contributed by atoms with Gasteiger partial charge in [0.25, 0.3) is 0 Å². The van der Waals surface area contributed by atoms with Crippen LogP contribution in [0.5, 0.6) is 0 Å². The van der Waals surface area contributed by atoms with Crippen LogP contribution in [-0.2, 0) is 6.42 Å². The third-order valence-corrected chi connectivity index (χ3v) is 4.35. The second-order valence-electron chi connectivity index (χ2n) is 5.52. The molecule has 0 atom stereocenters. The number of nitrogens with two attached hydrogens (primary N) is 1. The molecule has 100 valence electrons. The minimum absolute atomic E-state index is 0.210. The standard InChI is InChI=1S/C15H21ClFN/c16-14-12(7-6-8-13(14)17)11-15(18)9-4-2-1-3-5-10-15/h6-8H,1-5,9-11,18H2. The summed E-state index contributed by atoms with van der Waals surface area (Å²) < 4.78 is 13.4. The van der Waals surface area contributed by atoms with E-state index in [1.807, 2.05) is 6.07 Å². The molecule has 1 nitrogen and oxygen atoms in total. The number of halogens is 2. The highest BCUT2D eigenvalue weighted by atomic mass is 35.5. The van der Waals surface area contributed by atoms with E-state index in [0.717, 1.165) is 18.4 Å². The first-order chi connectivity index (χ1) is 8.61. The average Bonchev–Trinajstić information content (AvgIpc) is 2.31. The molecule has 1 aromatic rings. The maximum atomic E-state index is 13.4. The molecular formula is C15H21ClFN. The van der Waals surface area contributed by atoms with Gasteiger partial charge < -0.3 is 5.73 Å². The second kappa shape index (κ2) is 6.03. The predicted octanol–water partition coefficient (Wildman–Crippen LogP) is 4.46. The van der Waals surface area contributed by atoms with E-state index in [4.69, 9.17) is 17.3 Å². The summed E-state index contributed by atoms with van der Waals surface area (Å²) >= 11 is 6.02. The summed E-state index contributed by atoms with van der Waals surface area (Å²) in [4.78, 5) is 0. The Morgan fingerprint density at radius 3 is 2.39 bits per heavy atom. The topological polar surface area (TPSA) is 26.0 Å². The third kappa shape index (κ3) is 3.46. The van der Waals surface area contributed by atoms with Crippen molar-refractivity contribution in [3.8, 4) is 0 Å². The fourth-order valence-electron chi connectivity index (χ4n) is 2.85. The van der Waals surface area contributed by atoms with Gasteiger partial charge >= 0.3 is 0 Å². The van der Waals surface area contributed by atoms with Gasteiger partial charge in [0.05, 0.1) is 5.02 Å². The third-order valence-electron chi connectivity index (χ3n) is 3.92. The van der Waals surface area contributed by atoms with Crippen molar-refractivity contribution in [2.24, 2.45) is 5.73 Å². The quantitative estimate of drug-likeness (QED) is 0.843. The maximum absolute atomic E-state index is 13.4. The van der Waals surface area contributed by atoms with E-state index in [-0.39, 0.29) is 16.4 Å². The molecule has 0 heterocycles. The van der Waals surface area contributed by atoms with Crippen molar-refractivity contribution in [2.45, 2.75) is 56.9 Å². The zero-order valence-electron chi connectivity index (χ0n) is 10.7. The summed E-state index contributed by atoms with van der Waals surface area (Å²) in [6.07, 6.45) is 8.89. The lowest BCUT2D eigenvalue weighted by molar-refractivity contribution is 0.314. The van der Waals surface area contributed by atoms with Crippen LogP contribution in [0.15, 0.2) is 18.2 Å². The van der Waals surface area contributed by atoms with Gasteiger partial charge in [-0.05, 0) is 30.9 Å². The highest BCUT2D eigenvalue weighted by molar-refractivity contribution is 6.31. The summed E-state index contributed by atoms with van der Waals surface area (Å²) in [6, 6.07) is 4.99. The van der Waals surface area contributed by atoms with Crippen molar-refractivity contribution in [3.63, 3.8) is 0 Å². The number of rotatable bonds is 2. The summed E-state index contributed by atoms with van der Waals surface area (Å²) in [5, 5.41) is 0.240. The highest BCUT2D eigenvalue weighted by Crippen LogP contribution is 2.30. The molecule has 1 saturated carbocycles. The van der Waals surface area contributed by atoms with Crippen LogP contribution in [0.3, 0.4) is 0 Å². The van der Waals surface area contributed by atoms with Gasteiger partial charge in [0.1, 0.15) is 5.82 Å². The molecule has 18 heavy (non-hydrogen) atoms. The fourth-order valence-corrected chi connectivity index (χ4v) is 3.04. The van der Waals surface area contributed by atoms with Crippen LogP contribution < -0.4 is 5.73 Å². The molecule has 1 aromatic carbocycles. The molecule has 1 aliphatic carbocycles. The van der Waals surface area contributed by atoms with E-state index >= 15 is 0 Å². The van der Waals surface area contributed by atoms with Gasteiger partial charge in [-0.2, -0.15) is 0 Å². The van der Waals surface area contributed by atoms with Crippen LogP contribution in [0.1, 0.15) is 50.5 Å². The van der Waals surface area contributed by atoms with Crippen LogP contribution in [-0.4, -0.2) is 5.54 Å². The lowest BCUT2D eigenvalue weighted by Gasteiger charge is -2.32. The minimum atomic E-state index is -0.344. The van der Waals surface area contributed by atoms with Crippen LogP contribution in [0.2, 0.25) is 5.02 Å². The van der Waals surface area contributed by atoms with E-state index in [9.17, 15) is 4.39 Å². The summed E-state index contributed by atoms with van der Waals surface area (Å²) in [6.45, 7) is 0. The molecule has 0 spiro atoms. The van der Waals surface area contributed by atoms with E-state index in [1.165, 1.54) is 38.2 Å². The molecule has 0 saturated heterocycles. The molecule has 0 radical (unpaired) electrons. The molecular weight excluding hydrogens is 249 g/mol. The molecule has 1 aliphatic rings. The van der Waals surface area contributed by atoms with Gasteiger partial charge in [-0.3, -0.25) is 0 Å². The Balaban J connectivity index is 2.12. The van der Waals surface area contributed by atoms with Crippen molar-refractivity contribution in [2.75, 3.05) is 0 Å². The maximum Gasteiger partial charge on any atom is 0.142 e. The Hall–Kier alpha value is -0.600. The molecule has 0 unspecified atom stereocenters. The summed E-state index contributed by atoms with van der Waals surface area (Å²) in [5.74, 6) is -0.344. The Morgan fingerprint density at radius 2 is 1.72 bits per heavy atom. The summed E-state index contributed by atoms with van der Waals surface area (Å²) in [7, 11) is 0. The van der Waals surface area contributed by atoms with Gasteiger partial charge in [-0.1, -0.05) is 55.8 Å². The predicted molar refractivity (Wildman–Crippen MR) is 74.4 cm³/mol. The van der Waals surface area contributed by atoms with Crippen LogP contribution in [0, 0.1) is 5.82 Å². The zero-order valence-corrected chi connectivity index (χ0v) is 11.5. The summed E-state index contributed by atoms with van der Waals surface area (Å²) in [5.41, 5.74) is 7.13. The molecule has 1 fully saturated rings. The minimum Gasteiger partial charge on any atom is -0.325 e. The SMILES string of the molecule is NC1(Cc2cccc(F)c2Cl)CCCCCCC1. The van der Waals surface area contributed by atoms with Gasteiger partial charge in [0.2, 0.25) is 0 Å². The van der Waals surface area contributed by atoms with E-state index in [1.54, 1.807) is 6.07 Å². The van der Waals surface area contributed by atoms with Crippen molar-refractivity contribution in [1.82, 2.24) is 0 Å². The Kier molecular flexibility index (Phi) is 4.63. The zero-order chi connectivity index (χ0) is 13.0. The normalized spacial score (nSPS) is 20.2. The Labute approximate surface area is 114 Å². The number of hydrogen-bond donors (Lipinski definition) is 1. The molecule has 0 amide bonds. The molecule has 2 rings (SSSR count). The van der Waals surface area contributed by atoms with Crippen molar-refractivity contribution >= 4 is 11.6 Å².